The number of aryl methyl sites for hydroxylation is 1. The van der Waals surface area contributed by atoms with Crippen LogP contribution in [-0.2, 0) is 13.6 Å². The van der Waals surface area contributed by atoms with Gasteiger partial charge in [0.25, 0.3) is 0 Å². The molecule has 1 rings (SSSR count). The molecule has 2 N–H and O–H groups in total. The van der Waals surface area contributed by atoms with E-state index in [0.717, 1.165) is 5.69 Å². The summed E-state index contributed by atoms with van der Waals surface area (Å²) < 4.78 is 1.81. The first-order valence-corrected chi connectivity index (χ1v) is 4.62. The average Bonchev–Trinajstić information content (AvgIpc) is 2.65. The molecule has 5 nitrogen and oxygen atoms in total. The molecule has 0 saturated carbocycles. The fraction of sp³-hybridized carbons (Fsp3) is 0.400. The van der Waals surface area contributed by atoms with E-state index in [2.05, 4.69) is 26.6 Å². The average molecular weight is 333 g/mol. The third-order valence-electron chi connectivity index (χ3n) is 1.94. The summed E-state index contributed by atoms with van der Waals surface area (Å²) in [5, 5.41) is 10.2. The minimum Gasteiger partial charge on any atom is -0.351 e. The summed E-state index contributed by atoms with van der Waals surface area (Å²) in [6.07, 6.45) is 6.90. The zero-order valence-corrected chi connectivity index (χ0v) is 11.7. The fourth-order valence-corrected chi connectivity index (χ4v) is 1.10. The van der Waals surface area contributed by atoms with Crippen molar-refractivity contribution in [3.05, 3.63) is 18.0 Å². The smallest absolute Gasteiger partial charge is 0.192 e. The number of guanidine groups is 1. The molecule has 0 aliphatic heterocycles. The van der Waals surface area contributed by atoms with Gasteiger partial charge >= 0.3 is 0 Å². The van der Waals surface area contributed by atoms with Crippen LogP contribution in [0.25, 0.3) is 0 Å². The second-order valence-corrected chi connectivity index (χ2v) is 2.93. The maximum atomic E-state index is 5.14. The second kappa shape index (κ2) is 7.98. The highest BCUT2D eigenvalue weighted by atomic mass is 127. The Hall–Kier alpha value is -1.23. The van der Waals surface area contributed by atoms with Crippen LogP contribution in [0.3, 0.4) is 0 Å². The Kier molecular flexibility index (Phi) is 7.37. The van der Waals surface area contributed by atoms with Crippen molar-refractivity contribution in [3.63, 3.8) is 0 Å². The Morgan fingerprint density at radius 2 is 2.38 bits per heavy atom. The number of aliphatic imine (C=N–C) groups is 1. The van der Waals surface area contributed by atoms with Crippen LogP contribution in [0.2, 0.25) is 0 Å². The number of terminal acetylenes is 1. The van der Waals surface area contributed by atoms with E-state index < -0.39 is 0 Å². The van der Waals surface area contributed by atoms with Crippen molar-refractivity contribution in [1.29, 1.82) is 0 Å². The van der Waals surface area contributed by atoms with Crippen LogP contribution in [0.4, 0.5) is 0 Å². The maximum Gasteiger partial charge on any atom is 0.192 e. The molecule has 0 aliphatic rings. The van der Waals surface area contributed by atoms with Gasteiger partial charge in [0.2, 0.25) is 0 Å². The molecule has 0 saturated heterocycles. The summed E-state index contributed by atoms with van der Waals surface area (Å²) in [5.74, 6) is 3.18. The summed E-state index contributed by atoms with van der Waals surface area (Å²) in [6.45, 7) is 1.13. The molecule has 16 heavy (non-hydrogen) atoms. The van der Waals surface area contributed by atoms with Crippen LogP contribution in [0.1, 0.15) is 5.69 Å². The van der Waals surface area contributed by atoms with Crippen molar-refractivity contribution in [3.8, 4) is 12.3 Å². The molecule has 6 heteroatoms. The molecule has 1 aromatic heterocycles. The fourth-order valence-electron chi connectivity index (χ4n) is 1.10. The number of aromatic nitrogens is 2. The maximum absolute atomic E-state index is 5.14. The van der Waals surface area contributed by atoms with Crippen LogP contribution >= 0.6 is 24.0 Å². The molecule has 1 heterocycles. The summed E-state index contributed by atoms with van der Waals surface area (Å²) in [6, 6.07) is 1.95. The highest BCUT2D eigenvalue weighted by Crippen LogP contribution is 1.94. The molecule has 0 radical (unpaired) electrons. The molecule has 0 amide bonds. The first-order chi connectivity index (χ1) is 7.27. The molecule has 0 atom stereocenters. The number of rotatable bonds is 3. The second-order valence-electron chi connectivity index (χ2n) is 2.93. The molecule has 0 fully saturated rings. The minimum absolute atomic E-state index is 0. The van der Waals surface area contributed by atoms with Gasteiger partial charge in [0.1, 0.15) is 0 Å². The Morgan fingerprint density at radius 1 is 1.62 bits per heavy atom. The molecule has 0 aliphatic carbocycles. The van der Waals surface area contributed by atoms with Crippen LogP contribution in [0, 0.1) is 12.3 Å². The van der Waals surface area contributed by atoms with E-state index in [1.54, 1.807) is 13.2 Å². The standard InChI is InChI=1S/C10H15N5.HI/c1-4-6-12-10(11-2)13-8-9-5-7-14-15(9)3;/h1,5,7H,6,8H2,2-3H3,(H2,11,12,13);1H. The highest BCUT2D eigenvalue weighted by molar-refractivity contribution is 14.0. The lowest BCUT2D eigenvalue weighted by Gasteiger charge is -2.09. The summed E-state index contributed by atoms with van der Waals surface area (Å²) in [4.78, 5) is 4.02. The number of nitrogens with one attached hydrogen (secondary N) is 2. The van der Waals surface area contributed by atoms with Gasteiger partial charge in [-0.2, -0.15) is 5.10 Å². The van der Waals surface area contributed by atoms with Gasteiger partial charge in [-0.3, -0.25) is 9.67 Å². The molecule has 0 aromatic carbocycles. The van der Waals surface area contributed by atoms with Gasteiger partial charge in [-0.05, 0) is 6.07 Å². The van der Waals surface area contributed by atoms with Gasteiger partial charge in [0.15, 0.2) is 5.96 Å². The summed E-state index contributed by atoms with van der Waals surface area (Å²) in [5.41, 5.74) is 1.08. The van der Waals surface area contributed by atoms with Crippen LogP contribution in [0.15, 0.2) is 17.3 Å². The molecular weight excluding hydrogens is 317 g/mol. The van der Waals surface area contributed by atoms with Crippen molar-refractivity contribution in [2.75, 3.05) is 13.6 Å². The van der Waals surface area contributed by atoms with Crippen molar-refractivity contribution >= 4 is 29.9 Å². The third kappa shape index (κ3) is 4.53. The lowest BCUT2D eigenvalue weighted by atomic mass is 10.4. The van der Waals surface area contributed by atoms with Crippen LogP contribution in [-0.4, -0.2) is 29.3 Å². The molecule has 1 aromatic rings. The van der Waals surface area contributed by atoms with Gasteiger partial charge in [0.05, 0.1) is 18.8 Å². The SMILES string of the molecule is C#CCNC(=NC)NCc1ccnn1C.I. The quantitative estimate of drug-likeness (QED) is 0.363. The molecule has 0 unspecified atom stereocenters. The molecule has 0 bridgehead atoms. The Balaban J connectivity index is 0.00000225. The lowest BCUT2D eigenvalue weighted by molar-refractivity contribution is 0.687. The zero-order valence-electron chi connectivity index (χ0n) is 9.40. The van der Waals surface area contributed by atoms with Crippen LogP contribution < -0.4 is 10.6 Å². The van der Waals surface area contributed by atoms with E-state index in [9.17, 15) is 0 Å². The number of hydrogen-bond donors (Lipinski definition) is 2. The van der Waals surface area contributed by atoms with Gasteiger partial charge in [-0.15, -0.1) is 30.4 Å². The summed E-state index contributed by atoms with van der Waals surface area (Å²) in [7, 11) is 3.60. The first-order valence-electron chi connectivity index (χ1n) is 4.62. The Bertz CT molecular complexity index is 377. The van der Waals surface area contributed by atoms with E-state index in [4.69, 9.17) is 6.42 Å². The molecule has 0 spiro atoms. The van der Waals surface area contributed by atoms with E-state index in [1.165, 1.54) is 0 Å². The monoisotopic (exact) mass is 333 g/mol. The number of halogens is 1. The van der Waals surface area contributed by atoms with E-state index in [0.29, 0.717) is 19.0 Å². The lowest BCUT2D eigenvalue weighted by Crippen LogP contribution is -2.37. The Morgan fingerprint density at radius 3 is 2.88 bits per heavy atom. The van der Waals surface area contributed by atoms with Crippen molar-refractivity contribution < 1.29 is 0 Å². The van der Waals surface area contributed by atoms with E-state index in [1.807, 2.05) is 17.8 Å². The minimum atomic E-state index is 0. The first kappa shape index (κ1) is 14.8. The van der Waals surface area contributed by atoms with Crippen molar-refractivity contribution in [2.24, 2.45) is 12.0 Å². The van der Waals surface area contributed by atoms with E-state index in [-0.39, 0.29) is 24.0 Å². The number of hydrogen-bond acceptors (Lipinski definition) is 2. The van der Waals surface area contributed by atoms with Gasteiger partial charge in [0, 0.05) is 20.3 Å². The largest absolute Gasteiger partial charge is 0.351 e. The predicted octanol–water partition coefficient (Wildman–Crippen LogP) is 0.336. The highest BCUT2D eigenvalue weighted by Gasteiger charge is 1.99. The van der Waals surface area contributed by atoms with Gasteiger partial charge in [-0.1, -0.05) is 5.92 Å². The van der Waals surface area contributed by atoms with E-state index >= 15 is 0 Å². The van der Waals surface area contributed by atoms with Crippen LogP contribution in [0.5, 0.6) is 0 Å². The van der Waals surface area contributed by atoms with Crippen molar-refractivity contribution in [2.45, 2.75) is 6.54 Å². The predicted molar refractivity (Wildman–Crippen MR) is 75.7 cm³/mol. The third-order valence-corrected chi connectivity index (χ3v) is 1.94. The van der Waals surface area contributed by atoms with Gasteiger partial charge in [-0.25, -0.2) is 0 Å². The molecular formula is C10H16IN5. The number of nitrogens with zero attached hydrogens (tertiary/aromatic N) is 3. The van der Waals surface area contributed by atoms with Gasteiger partial charge < -0.3 is 10.6 Å². The topological polar surface area (TPSA) is 54.2 Å². The van der Waals surface area contributed by atoms with Crippen molar-refractivity contribution in [1.82, 2.24) is 20.4 Å². The normalized spacial score (nSPS) is 10.2. The Labute approximate surface area is 113 Å². The zero-order chi connectivity index (χ0) is 11.1. The molecule has 88 valence electrons. The summed E-state index contributed by atoms with van der Waals surface area (Å²) >= 11 is 0.